The molecule has 2 heterocycles. The fourth-order valence-corrected chi connectivity index (χ4v) is 1.85. The van der Waals surface area contributed by atoms with Gasteiger partial charge < -0.3 is 9.52 Å². The first-order valence-electron chi connectivity index (χ1n) is 6.02. The highest BCUT2D eigenvalue weighted by Gasteiger charge is 2.09. The molecule has 0 bridgehead atoms. The molecule has 98 valence electrons. The normalized spacial score (nSPS) is 10.6. The van der Waals surface area contributed by atoms with Gasteiger partial charge in [0, 0.05) is 25.5 Å². The molecule has 0 aliphatic heterocycles. The zero-order valence-electron chi connectivity index (χ0n) is 10.5. The van der Waals surface area contributed by atoms with E-state index in [1.165, 1.54) is 0 Å². The summed E-state index contributed by atoms with van der Waals surface area (Å²) < 4.78 is 5.35. The highest BCUT2D eigenvalue weighted by atomic mass is 16.3. The van der Waals surface area contributed by atoms with Gasteiger partial charge in [-0.15, -0.1) is 0 Å². The third kappa shape index (κ3) is 3.91. The number of nitrogens with zero attached hydrogens (tertiary/aromatic N) is 3. The molecular weight excluding hydrogens is 242 g/mol. The second-order valence-corrected chi connectivity index (χ2v) is 4.17. The highest BCUT2D eigenvalue weighted by Crippen LogP contribution is 2.12. The van der Waals surface area contributed by atoms with Crippen molar-refractivity contribution < 1.29 is 9.52 Å². The van der Waals surface area contributed by atoms with Crippen molar-refractivity contribution in [2.45, 2.75) is 13.1 Å². The van der Waals surface area contributed by atoms with Crippen LogP contribution in [0.5, 0.6) is 0 Å². The van der Waals surface area contributed by atoms with E-state index >= 15 is 0 Å². The van der Waals surface area contributed by atoms with Gasteiger partial charge in [-0.3, -0.25) is 9.88 Å². The first-order valence-corrected chi connectivity index (χ1v) is 6.02. The number of furan rings is 1. The number of aliphatic hydroxyl groups excluding tert-OH is 1. The van der Waals surface area contributed by atoms with Crippen molar-refractivity contribution in [1.29, 1.82) is 5.26 Å². The minimum Gasteiger partial charge on any atom is -0.449 e. The fraction of sp³-hybridized carbons (Fsp3) is 0.286. The molecule has 0 aliphatic carbocycles. The number of hydrogen-bond donors (Lipinski definition) is 1. The molecule has 0 aliphatic rings. The van der Waals surface area contributed by atoms with Crippen LogP contribution in [0.2, 0.25) is 0 Å². The van der Waals surface area contributed by atoms with Crippen LogP contribution in [0, 0.1) is 11.3 Å². The second-order valence-electron chi connectivity index (χ2n) is 4.17. The maximum atomic E-state index is 9.10. The lowest BCUT2D eigenvalue weighted by Gasteiger charge is -2.19. The third-order valence-electron chi connectivity index (χ3n) is 2.70. The maximum Gasteiger partial charge on any atom is 0.203 e. The zero-order chi connectivity index (χ0) is 13.5. The Kier molecular flexibility index (Phi) is 4.67. The van der Waals surface area contributed by atoms with Crippen LogP contribution in [-0.4, -0.2) is 28.1 Å². The van der Waals surface area contributed by atoms with Crippen LogP contribution >= 0.6 is 0 Å². The fourth-order valence-electron chi connectivity index (χ4n) is 1.85. The van der Waals surface area contributed by atoms with Crippen molar-refractivity contribution in [3.63, 3.8) is 0 Å². The van der Waals surface area contributed by atoms with E-state index in [9.17, 15) is 0 Å². The van der Waals surface area contributed by atoms with Gasteiger partial charge in [0.2, 0.25) is 5.76 Å². The number of rotatable bonds is 6. The van der Waals surface area contributed by atoms with E-state index in [4.69, 9.17) is 14.8 Å². The number of aromatic nitrogens is 1. The molecule has 0 atom stereocenters. The Hall–Kier alpha value is -2.16. The maximum absolute atomic E-state index is 9.10. The Labute approximate surface area is 111 Å². The first-order chi connectivity index (χ1) is 9.31. The molecule has 0 spiro atoms. The number of aliphatic hydroxyl groups is 1. The van der Waals surface area contributed by atoms with Gasteiger partial charge in [-0.1, -0.05) is 6.07 Å². The van der Waals surface area contributed by atoms with Crippen molar-refractivity contribution in [2.75, 3.05) is 13.2 Å². The van der Waals surface area contributed by atoms with Crippen LogP contribution in [0.1, 0.15) is 17.1 Å². The Morgan fingerprint density at radius 2 is 2.21 bits per heavy atom. The minimum absolute atomic E-state index is 0.0755. The van der Waals surface area contributed by atoms with Crippen LogP contribution in [0.25, 0.3) is 0 Å². The van der Waals surface area contributed by atoms with Crippen LogP contribution < -0.4 is 0 Å². The molecule has 2 aromatic rings. The molecule has 2 aromatic heterocycles. The largest absolute Gasteiger partial charge is 0.449 e. The van der Waals surface area contributed by atoms with E-state index in [1.807, 2.05) is 23.1 Å². The van der Waals surface area contributed by atoms with Crippen molar-refractivity contribution in [3.8, 4) is 6.07 Å². The summed E-state index contributed by atoms with van der Waals surface area (Å²) in [5.74, 6) is 1.02. The summed E-state index contributed by atoms with van der Waals surface area (Å²) in [5.41, 5.74) is 1.07. The molecule has 0 saturated carbocycles. The molecule has 0 aromatic carbocycles. The van der Waals surface area contributed by atoms with E-state index in [2.05, 4.69) is 4.98 Å². The summed E-state index contributed by atoms with van der Waals surface area (Å²) in [7, 11) is 0. The summed E-state index contributed by atoms with van der Waals surface area (Å²) in [6, 6.07) is 9.26. The molecule has 5 heteroatoms. The van der Waals surface area contributed by atoms with E-state index in [1.54, 1.807) is 24.5 Å². The molecule has 2 rings (SSSR count). The number of pyridine rings is 1. The molecule has 0 fully saturated rings. The van der Waals surface area contributed by atoms with E-state index in [0.717, 1.165) is 5.56 Å². The highest BCUT2D eigenvalue weighted by molar-refractivity contribution is 5.19. The molecule has 0 unspecified atom stereocenters. The van der Waals surface area contributed by atoms with Crippen molar-refractivity contribution in [2.24, 2.45) is 0 Å². The quantitative estimate of drug-likeness (QED) is 0.849. The summed E-state index contributed by atoms with van der Waals surface area (Å²) in [6.07, 6.45) is 3.53. The summed E-state index contributed by atoms with van der Waals surface area (Å²) in [5, 5.41) is 17.8. The smallest absolute Gasteiger partial charge is 0.203 e. The number of hydrogen-bond acceptors (Lipinski definition) is 5. The molecule has 0 amide bonds. The third-order valence-corrected chi connectivity index (χ3v) is 2.70. The van der Waals surface area contributed by atoms with Gasteiger partial charge >= 0.3 is 0 Å². The zero-order valence-corrected chi connectivity index (χ0v) is 10.5. The molecule has 0 saturated heterocycles. The van der Waals surface area contributed by atoms with Gasteiger partial charge in [0.1, 0.15) is 11.8 Å². The molecular formula is C14H15N3O2. The van der Waals surface area contributed by atoms with Crippen LogP contribution in [-0.2, 0) is 13.1 Å². The van der Waals surface area contributed by atoms with Gasteiger partial charge in [0.25, 0.3) is 0 Å². The SMILES string of the molecule is N#Cc1ccc(CN(CCO)Cc2cccnc2)o1. The van der Waals surface area contributed by atoms with Crippen LogP contribution in [0.15, 0.2) is 41.1 Å². The van der Waals surface area contributed by atoms with E-state index in [-0.39, 0.29) is 6.61 Å². The van der Waals surface area contributed by atoms with Crippen molar-refractivity contribution in [3.05, 3.63) is 53.7 Å². The number of nitriles is 1. The standard InChI is InChI=1S/C14H15N3O2/c15-8-13-3-4-14(19-13)11-17(6-7-18)10-12-2-1-5-16-9-12/h1-5,9,18H,6-7,10-11H2. The molecule has 19 heavy (non-hydrogen) atoms. The van der Waals surface area contributed by atoms with Gasteiger partial charge in [-0.2, -0.15) is 5.26 Å². The Balaban J connectivity index is 2.02. The van der Waals surface area contributed by atoms with Crippen LogP contribution in [0.4, 0.5) is 0 Å². The van der Waals surface area contributed by atoms with E-state index in [0.29, 0.717) is 31.2 Å². The van der Waals surface area contributed by atoms with Gasteiger partial charge in [0.05, 0.1) is 13.2 Å². The predicted molar refractivity (Wildman–Crippen MR) is 68.9 cm³/mol. The summed E-state index contributed by atoms with van der Waals surface area (Å²) >= 11 is 0. The Morgan fingerprint density at radius 3 is 2.84 bits per heavy atom. The second kappa shape index (κ2) is 6.69. The van der Waals surface area contributed by atoms with Gasteiger partial charge in [-0.05, 0) is 23.8 Å². The summed E-state index contributed by atoms with van der Waals surface area (Å²) in [6.45, 7) is 1.84. The lowest BCUT2D eigenvalue weighted by molar-refractivity contribution is 0.174. The van der Waals surface area contributed by atoms with E-state index < -0.39 is 0 Å². The molecule has 1 N–H and O–H groups in total. The molecule has 0 radical (unpaired) electrons. The van der Waals surface area contributed by atoms with Crippen molar-refractivity contribution >= 4 is 0 Å². The average molecular weight is 257 g/mol. The predicted octanol–water partition coefficient (Wildman–Crippen LogP) is 1.54. The van der Waals surface area contributed by atoms with Gasteiger partial charge in [-0.25, -0.2) is 0 Å². The lowest BCUT2D eigenvalue weighted by Crippen LogP contribution is -2.25. The topological polar surface area (TPSA) is 73.3 Å². The van der Waals surface area contributed by atoms with Gasteiger partial charge in [0.15, 0.2) is 0 Å². The average Bonchev–Trinajstić information content (AvgIpc) is 2.88. The minimum atomic E-state index is 0.0755. The Morgan fingerprint density at radius 1 is 1.32 bits per heavy atom. The van der Waals surface area contributed by atoms with Crippen LogP contribution in [0.3, 0.4) is 0 Å². The van der Waals surface area contributed by atoms with Crippen molar-refractivity contribution in [1.82, 2.24) is 9.88 Å². The first kappa shape index (κ1) is 13.3. The lowest BCUT2D eigenvalue weighted by atomic mass is 10.2. The summed E-state index contributed by atoms with van der Waals surface area (Å²) in [4.78, 5) is 6.11. The molecule has 5 nitrogen and oxygen atoms in total. The monoisotopic (exact) mass is 257 g/mol. The Bertz CT molecular complexity index is 545.